The fraction of sp³-hybridized carbons (Fsp3) is 0.273. The molecule has 0 saturated carbocycles. The molecule has 1 aromatic rings. The zero-order valence-electron chi connectivity index (χ0n) is 12.5. The van der Waals surface area contributed by atoms with Gasteiger partial charge in [-0.1, -0.05) is 0 Å². The Morgan fingerprint density at radius 2 is 2.17 bits per heavy atom. The number of carboxylic acids is 1. The summed E-state index contributed by atoms with van der Waals surface area (Å²) in [6, 6.07) is 0.00335. The van der Waals surface area contributed by atoms with E-state index < -0.39 is 38.1 Å². The van der Waals surface area contributed by atoms with Crippen LogP contribution in [0.1, 0.15) is 10.4 Å². The summed E-state index contributed by atoms with van der Waals surface area (Å²) in [5, 5.41) is 12.4. The maximum atomic E-state index is 12.1. The van der Waals surface area contributed by atoms with Crippen LogP contribution >= 0.6 is 11.3 Å². The topological polar surface area (TPSA) is 150 Å². The molecule has 0 fully saturated rings. The molecule has 2 rings (SSSR count). The molecule has 0 aliphatic carbocycles. The number of sulfonamides is 1. The van der Waals surface area contributed by atoms with Crippen molar-refractivity contribution in [1.29, 1.82) is 0 Å². The molecule has 1 atom stereocenters. The lowest BCUT2D eigenvalue weighted by molar-refractivity contribution is 0.0279. The van der Waals surface area contributed by atoms with E-state index in [-0.39, 0.29) is 5.96 Å². The van der Waals surface area contributed by atoms with E-state index in [9.17, 15) is 18.0 Å². The van der Waals surface area contributed by atoms with Gasteiger partial charge in [0.15, 0.2) is 4.21 Å². The number of aromatic carboxylic acids is 1. The highest BCUT2D eigenvalue weighted by molar-refractivity contribution is 7.92. The molecule has 3 N–H and O–H groups in total. The summed E-state index contributed by atoms with van der Waals surface area (Å²) >= 11 is 0.679. The summed E-state index contributed by atoms with van der Waals surface area (Å²) in [6.07, 6.45) is 0.623. The normalized spacial score (nSPS) is 17.3. The number of thiophene rings is 1. The molecule has 1 aromatic heterocycles. The number of carboxylic acid groups (broad SMARTS) is 1. The van der Waals surface area contributed by atoms with Crippen LogP contribution in [0, 0.1) is 0 Å². The zero-order chi connectivity index (χ0) is 17.9. The molecule has 2 heterocycles. The number of rotatable bonds is 4. The second-order valence-corrected chi connectivity index (χ2v) is 7.21. The van der Waals surface area contributed by atoms with Crippen LogP contribution in [-0.4, -0.2) is 63.2 Å². The van der Waals surface area contributed by atoms with E-state index in [1.165, 1.54) is 23.7 Å². The number of ether oxygens (including phenoxy) is 1. The summed E-state index contributed by atoms with van der Waals surface area (Å²) in [5.41, 5.74) is -0.422. The van der Waals surface area contributed by atoms with Crippen molar-refractivity contribution < 1.29 is 27.9 Å². The van der Waals surface area contributed by atoms with E-state index in [0.717, 1.165) is 6.07 Å². The average Bonchev–Trinajstić information content (AvgIpc) is 2.99. The van der Waals surface area contributed by atoms with Crippen molar-refractivity contribution in [3.05, 3.63) is 17.0 Å². The largest absolute Gasteiger partial charge is 0.478 e. The number of urea groups is 1. The van der Waals surface area contributed by atoms with Crippen LogP contribution in [0.25, 0.3) is 0 Å². The van der Waals surface area contributed by atoms with Gasteiger partial charge < -0.3 is 14.7 Å². The van der Waals surface area contributed by atoms with Gasteiger partial charge >= 0.3 is 12.0 Å². The molecule has 1 aliphatic rings. The number of methoxy groups -OCH3 is 1. The van der Waals surface area contributed by atoms with Crippen LogP contribution in [0.2, 0.25) is 0 Å². The van der Waals surface area contributed by atoms with Crippen molar-refractivity contribution >= 4 is 45.7 Å². The molecule has 13 heteroatoms. The zero-order valence-corrected chi connectivity index (χ0v) is 14.1. The van der Waals surface area contributed by atoms with E-state index in [2.05, 4.69) is 15.3 Å². The number of nitrogens with zero attached hydrogens (tertiary/aromatic N) is 3. The first-order chi connectivity index (χ1) is 11.2. The first-order valence-electron chi connectivity index (χ1n) is 6.26. The number of hydrogen-bond acceptors (Lipinski definition) is 9. The maximum Gasteiger partial charge on any atom is 0.337 e. The van der Waals surface area contributed by atoms with E-state index >= 15 is 0 Å². The summed E-state index contributed by atoms with van der Waals surface area (Å²) in [5.74, 6) is -1.57. The van der Waals surface area contributed by atoms with Crippen molar-refractivity contribution in [3.63, 3.8) is 0 Å². The lowest BCUT2D eigenvalue weighted by Gasteiger charge is -2.24. The van der Waals surface area contributed by atoms with Crippen LogP contribution < -0.4 is 10.0 Å². The van der Waals surface area contributed by atoms with E-state index in [1.807, 2.05) is 0 Å². The summed E-state index contributed by atoms with van der Waals surface area (Å²) in [7, 11) is -1.30. The van der Waals surface area contributed by atoms with E-state index in [4.69, 9.17) is 9.84 Å². The van der Waals surface area contributed by atoms with Crippen molar-refractivity contribution in [2.24, 2.45) is 9.98 Å². The van der Waals surface area contributed by atoms with Crippen molar-refractivity contribution in [2.75, 3.05) is 14.2 Å². The molecule has 130 valence electrons. The number of carbonyl (C=O) groups excluding carboxylic acids is 1. The third-order valence-electron chi connectivity index (χ3n) is 2.71. The van der Waals surface area contributed by atoms with Crippen LogP contribution in [-0.2, 0) is 14.8 Å². The SMILES string of the molecule is COC1N=C(NC(=O)NS(=O)(=O)c2sccc2C(=O)O)N=CN1C. The third kappa shape index (κ3) is 3.87. The van der Waals surface area contributed by atoms with Gasteiger partial charge in [-0.15, -0.1) is 11.3 Å². The fourth-order valence-corrected chi connectivity index (χ4v) is 3.91. The first kappa shape index (κ1) is 17.8. The number of amides is 2. The van der Waals surface area contributed by atoms with Gasteiger partial charge in [-0.05, 0) is 11.4 Å². The number of aliphatic imine (C=N–C) groups is 2. The minimum absolute atomic E-state index is 0.155. The van der Waals surface area contributed by atoms with Gasteiger partial charge in [-0.3, -0.25) is 5.32 Å². The van der Waals surface area contributed by atoms with Crippen LogP contribution in [0.15, 0.2) is 25.6 Å². The third-order valence-corrected chi connectivity index (χ3v) is 5.53. The molecule has 0 aromatic carbocycles. The fourth-order valence-electron chi connectivity index (χ4n) is 1.67. The summed E-state index contributed by atoms with van der Waals surface area (Å²) in [4.78, 5) is 32.1. The van der Waals surface area contributed by atoms with Gasteiger partial charge in [-0.2, -0.15) is 4.99 Å². The molecule has 0 radical (unpaired) electrons. The smallest absolute Gasteiger partial charge is 0.337 e. The monoisotopic (exact) mass is 375 g/mol. The summed E-state index contributed by atoms with van der Waals surface area (Å²) in [6.45, 7) is 0. The lowest BCUT2D eigenvalue weighted by Crippen LogP contribution is -2.45. The second-order valence-electron chi connectivity index (χ2n) is 4.41. The Morgan fingerprint density at radius 1 is 1.46 bits per heavy atom. The minimum atomic E-state index is -4.35. The van der Waals surface area contributed by atoms with Crippen molar-refractivity contribution in [2.45, 2.75) is 10.6 Å². The van der Waals surface area contributed by atoms with Gasteiger partial charge in [0.05, 0.1) is 11.9 Å². The Hall–Kier alpha value is -2.51. The predicted molar refractivity (Wildman–Crippen MR) is 84.6 cm³/mol. The Morgan fingerprint density at radius 3 is 2.79 bits per heavy atom. The molecule has 0 bridgehead atoms. The van der Waals surface area contributed by atoms with Crippen LogP contribution in [0.5, 0.6) is 0 Å². The van der Waals surface area contributed by atoms with Gasteiger partial charge in [0.2, 0.25) is 12.3 Å². The van der Waals surface area contributed by atoms with Gasteiger partial charge in [0.1, 0.15) is 0 Å². The Bertz CT molecular complexity index is 815. The Balaban J connectivity index is 2.11. The van der Waals surface area contributed by atoms with E-state index in [1.54, 1.807) is 11.8 Å². The Kier molecular flexibility index (Phi) is 5.16. The standard InChI is InChI=1S/C11H13N5O6S2/c1-16-5-12-9(14-11(16)22-2)13-10(19)15-24(20,21)8-6(7(17)18)3-4-23-8/h3-5,11H,1-2H3,(H,17,18)(H2,13,14,15,19). The van der Waals surface area contributed by atoms with Gasteiger partial charge in [-0.25, -0.2) is 27.7 Å². The second kappa shape index (κ2) is 6.94. The predicted octanol–water partition coefficient (Wildman–Crippen LogP) is -0.306. The van der Waals surface area contributed by atoms with Crippen LogP contribution in [0.4, 0.5) is 4.79 Å². The Labute approximate surface area is 140 Å². The molecule has 1 aliphatic heterocycles. The lowest BCUT2D eigenvalue weighted by atomic mass is 10.4. The average molecular weight is 375 g/mol. The number of hydrogen-bond donors (Lipinski definition) is 3. The molecule has 24 heavy (non-hydrogen) atoms. The molecule has 2 amide bonds. The highest BCUT2D eigenvalue weighted by Gasteiger charge is 2.26. The summed E-state index contributed by atoms with van der Waals surface area (Å²) < 4.78 is 30.5. The quantitative estimate of drug-likeness (QED) is 0.653. The molecule has 1 unspecified atom stereocenters. The molecular formula is C11H13N5O6S2. The van der Waals surface area contributed by atoms with Gasteiger partial charge in [0, 0.05) is 14.2 Å². The highest BCUT2D eigenvalue weighted by atomic mass is 32.2. The first-order valence-corrected chi connectivity index (χ1v) is 8.62. The molecular weight excluding hydrogens is 362 g/mol. The van der Waals surface area contributed by atoms with Crippen molar-refractivity contribution in [3.8, 4) is 0 Å². The molecule has 11 nitrogen and oxygen atoms in total. The van der Waals surface area contributed by atoms with Crippen LogP contribution in [0.3, 0.4) is 0 Å². The molecule has 0 saturated heterocycles. The number of nitrogens with one attached hydrogen (secondary N) is 2. The maximum absolute atomic E-state index is 12.1. The highest BCUT2D eigenvalue weighted by Crippen LogP contribution is 2.22. The van der Waals surface area contributed by atoms with E-state index in [0.29, 0.717) is 11.3 Å². The minimum Gasteiger partial charge on any atom is -0.478 e. The molecule has 0 spiro atoms. The number of carbonyl (C=O) groups is 2. The van der Waals surface area contributed by atoms with Gasteiger partial charge in [0.25, 0.3) is 10.0 Å². The number of guanidine groups is 1. The van der Waals surface area contributed by atoms with Crippen molar-refractivity contribution in [1.82, 2.24) is 14.9 Å².